The van der Waals surface area contributed by atoms with Crippen molar-refractivity contribution < 1.29 is 9.21 Å². The van der Waals surface area contributed by atoms with Gasteiger partial charge in [-0.2, -0.15) is 0 Å². The first-order valence-corrected chi connectivity index (χ1v) is 5.33. The van der Waals surface area contributed by atoms with Crippen molar-refractivity contribution in [3.8, 4) is 0 Å². The molecule has 4 nitrogen and oxygen atoms in total. The van der Waals surface area contributed by atoms with Gasteiger partial charge in [0.1, 0.15) is 12.0 Å². The van der Waals surface area contributed by atoms with E-state index in [1.165, 1.54) is 6.26 Å². The summed E-state index contributed by atoms with van der Waals surface area (Å²) in [6, 6.07) is 1.68. The molecule has 3 N–H and O–H groups in total. The van der Waals surface area contributed by atoms with E-state index in [-0.39, 0.29) is 5.91 Å². The van der Waals surface area contributed by atoms with E-state index in [4.69, 9.17) is 10.2 Å². The molecule has 0 spiro atoms. The molecular formula is C11H18N2O2. The Labute approximate surface area is 89.8 Å². The zero-order valence-electron chi connectivity index (χ0n) is 9.08. The molecule has 0 radical (unpaired) electrons. The predicted molar refractivity (Wildman–Crippen MR) is 58.5 cm³/mol. The number of unbranched alkanes of at least 4 members (excludes halogenated alkanes) is 2. The lowest BCUT2D eigenvalue weighted by Crippen LogP contribution is -2.23. The maximum Gasteiger partial charge on any atom is 0.254 e. The number of rotatable bonds is 6. The molecule has 0 unspecified atom stereocenters. The Balaban J connectivity index is 2.33. The lowest BCUT2D eigenvalue weighted by atomic mass is 10.2. The van der Waals surface area contributed by atoms with Crippen molar-refractivity contribution in [1.82, 2.24) is 5.32 Å². The highest BCUT2D eigenvalue weighted by molar-refractivity contribution is 5.93. The summed E-state index contributed by atoms with van der Waals surface area (Å²) in [4.78, 5) is 11.5. The second-order valence-electron chi connectivity index (χ2n) is 3.47. The number of furan rings is 1. The fourth-order valence-electron chi connectivity index (χ4n) is 1.29. The zero-order chi connectivity index (χ0) is 11.1. The Morgan fingerprint density at radius 2 is 2.33 bits per heavy atom. The van der Waals surface area contributed by atoms with Crippen LogP contribution in [0.1, 0.15) is 42.3 Å². The van der Waals surface area contributed by atoms with Gasteiger partial charge < -0.3 is 15.5 Å². The molecule has 1 heterocycles. The largest absolute Gasteiger partial charge is 0.467 e. The Bertz CT molecular complexity index is 307. The number of nitrogens with two attached hydrogens (primary N) is 1. The van der Waals surface area contributed by atoms with Crippen LogP contribution in [0.5, 0.6) is 0 Å². The van der Waals surface area contributed by atoms with Crippen LogP contribution in [0.25, 0.3) is 0 Å². The molecule has 0 saturated heterocycles. The summed E-state index contributed by atoms with van der Waals surface area (Å²) in [5, 5.41) is 2.83. The van der Waals surface area contributed by atoms with Crippen LogP contribution in [0.2, 0.25) is 0 Å². The first kappa shape index (κ1) is 11.8. The van der Waals surface area contributed by atoms with Gasteiger partial charge >= 0.3 is 0 Å². The summed E-state index contributed by atoms with van der Waals surface area (Å²) < 4.78 is 5.08. The summed E-state index contributed by atoms with van der Waals surface area (Å²) in [6.45, 7) is 3.17. The normalized spacial score (nSPS) is 10.3. The lowest BCUT2D eigenvalue weighted by Gasteiger charge is -2.01. The second-order valence-corrected chi connectivity index (χ2v) is 3.47. The number of nitrogens with one attached hydrogen (secondary N) is 1. The van der Waals surface area contributed by atoms with E-state index in [1.807, 2.05) is 0 Å². The van der Waals surface area contributed by atoms with Gasteiger partial charge in [0.05, 0.1) is 12.1 Å². The fraction of sp³-hybridized carbons (Fsp3) is 0.545. The van der Waals surface area contributed by atoms with Crippen molar-refractivity contribution in [2.45, 2.75) is 32.7 Å². The molecule has 15 heavy (non-hydrogen) atoms. The van der Waals surface area contributed by atoms with Crippen LogP contribution in [0, 0.1) is 0 Å². The Morgan fingerprint density at radius 1 is 1.53 bits per heavy atom. The van der Waals surface area contributed by atoms with Crippen LogP contribution < -0.4 is 11.1 Å². The van der Waals surface area contributed by atoms with Gasteiger partial charge in [-0.25, -0.2) is 0 Å². The molecule has 0 aliphatic carbocycles. The topological polar surface area (TPSA) is 68.3 Å². The van der Waals surface area contributed by atoms with Crippen LogP contribution in [0.3, 0.4) is 0 Å². The Hall–Kier alpha value is -1.29. The molecule has 0 aromatic carbocycles. The number of amides is 1. The maximum absolute atomic E-state index is 11.5. The van der Waals surface area contributed by atoms with E-state index in [9.17, 15) is 4.79 Å². The van der Waals surface area contributed by atoms with E-state index in [1.54, 1.807) is 6.07 Å². The zero-order valence-corrected chi connectivity index (χ0v) is 9.08. The van der Waals surface area contributed by atoms with Crippen molar-refractivity contribution in [2.24, 2.45) is 5.73 Å². The SMILES string of the molecule is CCCCCNC(=O)c1coc(CN)c1. The van der Waals surface area contributed by atoms with Crippen molar-refractivity contribution in [3.05, 3.63) is 23.7 Å². The van der Waals surface area contributed by atoms with Gasteiger partial charge in [-0.05, 0) is 12.5 Å². The molecule has 0 bridgehead atoms. The third-order valence-electron chi connectivity index (χ3n) is 2.18. The molecule has 0 fully saturated rings. The van der Waals surface area contributed by atoms with E-state index in [0.29, 0.717) is 17.9 Å². The van der Waals surface area contributed by atoms with Gasteiger partial charge in [0.25, 0.3) is 5.91 Å². The molecule has 0 aliphatic heterocycles. The highest BCUT2D eigenvalue weighted by atomic mass is 16.3. The first-order valence-electron chi connectivity index (χ1n) is 5.33. The van der Waals surface area contributed by atoms with Crippen LogP contribution in [-0.2, 0) is 6.54 Å². The quantitative estimate of drug-likeness (QED) is 0.701. The van der Waals surface area contributed by atoms with Crippen LogP contribution in [0.15, 0.2) is 16.7 Å². The van der Waals surface area contributed by atoms with Crippen molar-refractivity contribution in [2.75, 3.05) is 6.54 Å². The number of carbonyl (C=O) groups is 1. The Morgan fingerprint density at radius 3 is 2.93 bits per heavy atom. The van der Waals surface area contributed by atoms with Crippen LogP contribution >= 0.6 is 0 Å². The minimum atomic E-state index is -0.0884. The van der Waals surface area contributed by atoms with E-state index in [0.717, 1.165) is 25.8 Å². The first-order chi connectivity index (χ1) is 7.27. The monoisotopic (exact) mass is 210 g/mol. The molecule has 4 heteroatoms. The maximum atomic E-state index is 11.5. The average molecular weight is 210 g/mol. The van der Waals surface area contributed by atoms with Crippen molar-refractivity contribution in [1.29, 1.82) is 0 Å². The van der Waals surface area contributed by atoms with Gasteiger partial charge in [-0.15, -0.1) is 0 Å². The molecule has 1 amide bonds. The molecular weight excluding hydrogens is 192 g/mol. The van der Waals surface area contributed by atoms with E-state index < -0.39 is 0 Å². The fourth-order valence-corrected chi connectivity index (χ4v) is 1.29. The minimum Gasteiger partial charge on any atom is -0.467 e. The van der Waals surface area contributed by atoms with Gasteiger partial charge in [-0.1, -0.05) is 19.8 Å². The summed E-state index contributed by atoms with van der Waals surface area (Å²) in [5.41, 5.74) is 5.93. The van der Waals surface area contributed by atoms with Gasteiger partial charge in [0.2, 0.25) is 0 Å². The molecule has 0 saturated carbocycles. The molecule has 1 aromatic rings. The smallest absolute Gasteiger partial charge is 0.254 e. The third-order valence-corrected chi connectivity index (χ3v) is 2.18. The number of hydrogen-bond donors (Lipinski definition) is 2. The highest BCUT2D eigenvalue weighted by Gasteiger charge is 2.08. The van der Waals surface area contributed by atoms with Crippen LogP contribution in [0.4, 0.5) is 0 Å². The molecule has 1 aromatic heterocycles. The van der Waals surface area contributed by atoms with E-state index in [2.05, 4.69) is 12.2 Å². The lowest BCUT2D eigenvalue weighted by molar-refractivity contribution is 0.0952. The summed E-state index contributed by atoms with van der Waals surface area (Å²) in [7, 11) is 0. The molecule has 84 valence electrons. The third kappa shape index (κ3) is 3.75. The van der Waals surface area contributed by atoms with Crippen LogP contribution in [-0.4, -0.2) is 12.5 Å². The van der Waals surface area contributed by atoms with Gasteiger partial charge in [-0.3, -0.25) is 4.79 Å². The van der Waals surface area contributed by atoms with Crippen molar-refractivity contribution >= 4 is 5.91 Å². The number of hydrogen-bond acceptors (Lipinski definition) is 3. The summed E-state index contributed by atoms with van der Waals surface area (Å²) >= 11 is 0. The highest BCUT2D eigenvalue weighted by Crippen LogP contribution is 2.06. The van der Waals surface area contributed by atoms with Crippen molar-refractivity contribution in [3.63, 3.8) is 0 Å². The Kier molecular flexibility index (Phi) is 4.90. The summed E-state index contributed by atoms with van der Waals surface area (Å²) in [5.74, 6) is 0.545. The molecule has 0 aliphatic rings. The summed E-state index contributed by atoms with van der Waals surface area (Å²) in [6.07, 6.45) is 4.75. The van der Waals surface area contributed by atoms with E-state index >= 15 is 0 Å². The van der Waals surface area contributed by atoms with Gasteiger partial charge in [0.15, 0.2) is 0 Å². The predicted octanol–water partition coefficient (Wildman–Crippen LogP) is 1.66. The molecule has 1 rings (SSSR count). The van der Waals surface area contributed by atoms with Gasteiger partial charge in [0, 0.05) is 6.54 Å². The molecule has 0 atom stereocenters. The number of carbonyl (C=O) groups excluding carboxylic acids is 1. The second kappa shape index (κ2) is 6.24. The minimum absolute atomic E-state index is 0.0884. The standard InChI is InChI=1S/C11H18N2O2/c1-2-3-4-5-13-11(14)9-6-10(7-12)15-8-9/h6,8H,2-5,7,12H2,1H3,(H,13,14). The average Bonchev–Trinajstić information content (AvgIpc) is 2.72.